The molecule has 4 rings (SSSR count). The highest BCUT2D eigenvalue weighted by Gasteiger charge is 2.32. The molecule has 1 fully saturated rings. The molecule has 128 valence electrons. The monoisotopic (exact) mass is 352 g/mol. The number of nitrogens with zero attached hydrogens (tertiary/aromatic N) is 3. The highest BCUT2D eigenvalue weighted by atomic mass is 32.2. The molecule has 0 amide bonds. The Morgan fingerprint density at radius 3 is 2.88 bits per heavy atom. The average Bonchev–Trinajstić information content (AvgIpc) is 3.16. The van der Waals surface area contributed by atoms with Crippen molar-refractivity contribution in [2.75, 3.05) is 18.8 Å². The number of aromatic nitrogens is 1. The Morgan fingerprint density at radius 2 is 2.21 bits per heavy atom. The van der Waals surface area contributed by atoms with Crippen molar-refractivity contribution in [2.24, 2.45) is 5.73 Å². The third-order valence-corrected chi connectivity index (χ3v) is 5.79. The molecule has 3 N–H and O–H groups in total. The lowest BCUT2D eigenvalue weighted by molar-refractivity contribution is 0.0101. The van der Waals surface area contributed by atoms with Crippen LogP contribution in [-0.2, 0) is 6.54 Å². The van der Waals surface area contributed by atoms with E-state index >= 15 is 0 Å². The standard InChI is InChI=1S/C15H17FN4O3S/c16-20-7-9-10(5-11(20)18-2-1-8(17)6-18)19-3-4-24-14(19)12(13(9)21)15(22)23/h5,7-8,11H,1-4,6,17H2,(H,22,23). The molecule has 24 heavy (non-hydrogen) atoms. The van der Waals surface area contributed by atoms with Gasteiger partial charge in [0.15, 0.2) is 0 Å². The molecule has 7 nitrogen and oxygen atoms in total. The van der Waals surface area contributed by atoms with Crippen LogP contribution < -0.4 is 21.7 Å². The fourth-order valence-electron chi connectivity index (χ4n) is 3.57. The van der Waals surface area contributed by atoms with Crippen molar-refractivity contribution >= 4 is 30.0 Å². The lowest BCUT2D eigenvalue weighted by Gasteiger charge is -2.30. The summed E-state index contributed by atoms with van der Waals surface area (Å²) >= 11 is 1.35. The predicted molar refractivity (Wildman–Crippen MR) is 87.5 cm³/mol. The van der Waals surface area contributed by atoms with Crippen LogP contribution in [0.3, 0.4) is 0 Å². The minimum Gasteiger partial charge on any atom is -0.477 e. The van der Waals surface area contributed by atoms with E-state index < -0.39 is 17.6 Å². The second-order valence-corrected chi connectivity index (χ2v) is 7.29. The molecular weight excluding hydrogens is 335 g/mol. The SMILES string of the molecule is NC1CCN(C2C=c3c(c(=O)c(C(=O)O)c4n3CCS4)=CN2F)C1. The summed E-state index contributed by atoms with van der Waals surface area (Å²) in [5.74, 6) is -0.574. The summed E-state index contributed by atoms with van der Waals surface area (Å²) < 4.78 is 16.4. The van der Waals surface area contributed by atoms with E-state index in [1.807, 2.05) is 9.47 Å². The maximum atomic E-state index is 14.5. The van der Waals surface area contributed by atoms with Crippen LogP contribution >= 0.6 is 11.8 Å². The summed E-state index contributed by atoms with van der Waals surface area (Å²) in [7, 11) is 0. The Labute approximate surface area is 140 Å². The molecule has 0 saturated carbocycles. The zero-order valence-electron chi connectivity index (χ0n) is 12.8. The maximum Gasteiger partial charge on any atom is 0.342 e. The number of carboxylic acid groups (broad SMARTS) is 1. The maximum absolute atomic E-state index is 14.5. The third-order valence-electron chi connectivity index (χ3n) is 4.71. The van der Waals surface area contributed by atoms with Gasteiger partial charge in [-0.2, -0.15) is 5.12 Å². The summed E-state index contributed by atoms with van der Waals surface area (Å²) in [5.41, 5.74) is 5.01. The largest absolute Gasteiger partial charge is 0.477 e. The van der Waals surface area contributed by atoms with Crippen LogP contribution in [0.5, 0.6) is 0 Å². The molecule has 1 saturated heterocycles. The number of likely N-dealkylation sites (tertiary alicyclic amines) is 1. The van der Waals surface area contributed by atoms with E-state index in [1.165, 1.54) is 11.8 Å². The number of hydrogen-bond donors (Lipinski definition) is 2. The van der Waals surface area contributed by atoms with Crippen molar-refractivity contribution in [3.05, 3.63) is 26.4 Å². The van der Waals surface area contributed by atoms with Crippen molar-refractivity contribution in [3.63, 3.8) is 0 Å². The smallest absolute Gasteiger partial charge is 0.342 e. The summed E-state index contributed by atoms with van der Waals surface area (Å²) in [4.78, 5) is 26.0. The number of hydrogen-bond acceptors (Lipinski definition) is 6. The van der Waals surface area contributed by atoms with Gasteiger partial charge in [-0.25, -0.2) is 4.79 Å². The predicted octanol–water partition coefficient (Wildman–Crippen LogP) is -1.27. The van der Waals surface area contributed by atoms with E-state index in [0.717, 1.165) is 12.6 Å². The molecule has 1 aromatic rings. The van der Waals surface area contributed by atoms with Crippen molar-refractivity contribution in [1.82, 2.24) is 14.6 Å². The number of carbonyl (C=O) groups is 1. The highest BCUT2D eigenvalue weighted by molar-refractivity contribution is 7.99. The second kappa shape index (κ2) is 5.61. The number of nitrogens with two attached hydrogens (primary N) is 1. The Hall–Kier alpha value is -1.84. The van der Waals surface area contributed by atoms with Gasteiger partial charge in [0.2, 0.25) is 5.43 Å². The van der Waals surface area contributed by atoms with Gasteiger partial charge < -0.3 is 15.4 Å². The third kappa shape index (κ3) is 2.27. The Balaban J connectivity index is 1.94. The molecule has 2 atom stereocenters. The summed E-state index contributed by atoms with van der Waals surface area (Å²) in [6, 6.07) is 0.0200. The molecule has 0 bridgehead atoms. The Morgan fingerprint density at radius 1 is 1.42 bits per heavy atom. The number of rotatable bonds is 2. The van der Waals surface area contributed by atoms with E-state index in [-0.39, 0.29) is 16.8 Å². The van der Waals surface area contributed by atoms with E-state index in [0.29, 0.717) is 40.9 Å². The van der Waals surface area contributed by atoms with Gasteiger partial charge in [0.1, 0.15) is 11.7 Å². The molecule has 0 aromatic carbocycles. The average molecular weight is 352 g/mol. The number of halogens is 1. The van der Waals surface area contributed by atoms with Crippen molar-refractivity contribution in [2.45, 2.75) is 30.2 Å². The highest BCUT2D eigenvalue weighted by Crippen LogP contribution is 2.26. The van der Waals surface area contributed by atoms with Crippen LogP contribution in [-0.4, -0.2) is 56.7 Å². The Bertz CT molecular complexity index is 899. The molecule has 3 aliphatic rings. The normalized spacial score (nSPS) is 25.8. The molecule has 3 aliphatic heterocycles. The first-order valence-corrected chi connectivity index (χ1v) is 8.76. The van der Waals surface area contributed by atoms with Crippen LogP contribution in [0, 0.1) is 0 Å². The zero-order valence-corrected chi connectivity index (χ0v) is 13.6. The van der Waals surface area contributed by atoms with Crippen molar-refractivity contribution in [3.8, 4) is 0 Å². The van der Waals surface area contributed by atoms with E-state index in [9.17, 15) is 19.2 Å². The van der Waals surface area contributed by atoms with Crippen LogP contribution in [0.15, 0.2) is 9.82 Å². The minimum absolute atomic E-state index is 0.0200. The molecule has 0 aliphatic carbocycles. The lowest BCUT2D eigenvalue weighted by Crippen LogP contribution is -2.55. The first kappa shape index (κ1) is 15.7. The van der Waals surface area contributed by atoms with Gasteiger partial charge >= 0.3 is 5.97 Å². The van der Waals surface area contributed by atoms with Gasteiger partial charge in [-0.3, -0.25) is 9.69 Å². The van der Waals surface area contributed by atoms with Crippen molar-refractivity contribution in [1.29, 1.82) is 0 Å². The van der Waals surface area contributed by atoms with E-state index in [2.05, 4.69) is 0 Å². The topological polar surface area (TPSA) is 91.8 Å². The molecule has 9 heteroatoms. The van der Waals surface area contributed by atoms with Crippen molar-refractivity contribution < 1.29 is 14.4 Å². The van der Waals surface area contributed by atoms with Gasteiger partial charge in [-0.1, -0.05) is 4.48 Å². The number of pyridine rings is 1. The number of fused-ring (bicyclic) bond motifs is 3. The summed E-state index contributed by atoms with van der Waals surface area (Å²) in [5, 5.41) is 11.0. The molecule has 4 heterocycles. The van der Waals surface area contributed by atoms with Gasteiger partial charge in [0.25, 0.3) is 0 Å². The molecular formula is C15H17FN4O3S. The van der Waals surface area contributed by atoms with Gasteiger partial charge in [0.05, 0.1) is 15.6 Å². The molecule has 2 unspecified atom stereocenters. The zero-order chi connectivity index (χ0) is 17.0. The minimum atomic E-state index is -1.27. The first-order valence-electron chi connectivity index (χ1n) is 7.77. The van der Waals surface area contributed by atoms with Crippen LogP contribution in [0.25, 0.3) is 12.3 Å². The number of carboxylic acids is 1. The summed E-state index contributed by atoms with van der Waals surface area (Å²) in [6.45, 7) is 1.88. The number of thioether (sulfide) groups is 1. The Kier molecular flexibility index (Phi) is 3.66. The molecule has 0 radical (unpaired) electrons. The van der Waals surface area contributed by atoms with Crippen LogP contribution in [0.4, 0.5) is 4.48 Å². The van der Waals surface area contributed by atoms with Gasteiger partial charge in [-0.15, -0.1) is 11.8 Å². The van der Waals surface area contributed by atoms with E-state index in [1.54, 1.807) is 6.08 Å². The summed E-state index contributed by atoms with van der Waals surface area (Å²) in [6.07, 6.45) is 3.00. The fourth-order valence-corrected chi connectivity index (χ4v) is 4.70. The van der Waals surface area contributed by atoms with Gasteiger partial charge in [0, 0.05) is 37.6 Å². The fraction of sp³-hybridized carbons (Fsp3) is 0.467. The quantitative estimate of drug-likeness (QED) is 0.641. The van der Waals surface area contributed by atoms with E-state index in [4.69, 9.17) is 5.73 Å². The first-order chi connectivity index (χ1) is 11.5. The lowest BCUT2D eigenvalue weighted by atomic mass is 10.1. The van der Waals surface area contributed by atoms with Crippen LogP contribution in [0.1, 0.15) is 16.8 Å². The molecule has 1 aromatic heterocycles. The molecule has 0 spiro atoms. The number of aromatic carboxylic acids is 1. The van der Waals surface area contributed by atoms with Crippen LogP contribution in [0.2, 0.25) is 0 Å². The second-order valence-electron chi connectivity index (χ2n) is 6.21. The van der Waals surface area contributed by atoms with Gasteiger partial charge in [-0.05, 0) is 12.5 Å².